The molecule has 3 aromatic rings. The number of benzene rings is 2. The van der Waals surface area contributed by atoms with Crippen molar-refractivity contribution in [3.8, 4) is 22.1 Å². The number of carbonyl (C=O) groups is 1. The van der Waals surface area contributed by atoms with Gasteiger partial charge < -0.3 is 14.8 Å². The van der Waals surface area contributed by atoms with Gasteiger partial charge in [-0.2, -0.15) is 0 Å². The lowest BCUT2D eigenvalue weighted by Gasteiger charge is -2.08. The number of hydrogen-bond donors (Lipinski definition) is 1. The predicted octanol–water partition coefficient (Wildman–Crippen LogP) is 4.34. The van der Waals surface area contributed by atoms with Gasteiger partial charge in [-0.1, -0.05) is 23.7 Å². The van der Waals surface area contributed by atoms with Gasteiger partial charge in [0.05, 0.1) is 26.3 Å². The number of ether oxygens (including phenoxy) is 2. The Kier molecular flexibility index (Phi) is 6.32. The highest BCUT2D eigenvalue weighted by Crippen LogP contribution is 2.33. The van der Waals surface area contributed by atoms with Crippen LogP contribution >= 0.6 is 22.9 Å². The Bertz CT molecular complexity index is 942. The highest BCUT2D eigenvalue weighted by Gasteiger charge is 2.11. The topological polar surface area (TPSA) is 60.5 Å². The summed E-state index contributed by atoms with van der Waals surface area (Å²) in [6.07, 6.45) is 0.227. The first-order chi connectivity index (χ1) is 13.1. The second-order valence-corrected chi connectivity index (χ2v) is 7.09. The molecule has 0 aliphatic heterocycles. The van der Waals surface area contributed by atoms with E-state index in [9.17, 15) is 4.79 Å². The number of carbonyl (C=O) groups excluding carboxylic acids is 1. The number of nitrogens with zero attached hydrogens (tertiary/aromatic N) is 1. The normalized spacial score (nSPS) is 10.5. The summed E-state index contributed by atoms with van der Waals surface area (Å²) in [5, 5.41) is 6.26. The molecule has 0 aliphatic rings. The Morgan fingerprint density at radius 3 is 2.70 bits per heavy atom. The van der Waals surface area contributed by atoms with Crippen LogP contribution in [0.25, 0.3) is 10.6 Å². The van der Waals surface area contributed by atoms with E-state index in [4.69, 9.17) is 21.1 Å². The molecule has 1 aromatic heterocycles. The molecular formula is C20H19ClN2O3S. The number of rotatable bonds is 7. The molecule has 1 amide bonds. The minimum Gasteiger partial charge on any atom is -0.493 e. The van der Waals surface area contributed by atoms with Crippen LogP contribution in [0.1, 0.15) is 11.3 Å². The third kappa shape index (κ3) is 4.99. The van der Waals surface area contributed by atoms with Crippen LogP contribution in [0.5, 0.6) is 11.5 Å². The average Bonchev–Trinajstić information content (AvgIpc) is 3.14. The average molecular weight is 403 g/mol. The number of halogens is 1. The lowest BCUT2D eigenvalue weighted by atomic mass is 10.2. The molecule has 3 rings (SSSR count). The molecule has 0 radical (unpaired) electrons. The fourth-order valence-electron chi connectivity index (χ4n) is 2.56. The van der Waals surface area contributed by atoms with Crippen LogP contribution in [0.3, 0.4) is 0 Å². The van der Waals surface area contributed by atoms with E-state index in [-0.39, 0.29) is 12.3 Å². The Hall–Kier alpha value is -2.57. The third-order valence-corrected chi connectivity index (χ3v) is 5.08. The van der Waals surface area contributed by atoms with Gasteiger partial charge in [0.15, 0.2) is 11.5 Å². The molecule has 0 aliphatic carbocycles. The van der Waals surface area contributed by atoms with Gasteiger partial charge in [0.1, 0.15) is 5.01 Å². The van der Waals surface area contributed by atoms with Crippen LogP contribution < -0.4 is 14.8 Å². The van der Waals surface area contributed by atoms with E-state index < -0.39 is 0 Å². The number of amides is 1. The van der Waals surface area contributed by atoms with Crippen LogP contribution in [0.4, 0.5) is 0 Å². The monoisotopic (exact) mass is 402 g/mol. The summed E-state index contributed by atoms with van der Waals surface area (Å²) in [5.41, 5.74) is 2.61. The van der Waals surface area contributed by atoms with Crippen molar-refractivity contribution in [1.82, 2.24) is 10.3 Å². The largest absolute Gasteiger partial charge is 0.493 e. The molecule has 5 nitrogen and oxygen atoms in total. The molecule has 0 saturated carbocycles. The lowest BCUT2D eigenvalue weighted by molar-refractivity contribution is -0.120. The number of methoxy groups -OCH3 is 2. The van der Waals surface area contributed by atoms with E-state index in [0.717, 1.165) is 21.8 Å². The van der Waals surface area contributed by atoms with Gasteiger partial charge >= 0.3 is 0 Å². The zero-order valence-corrected chi connectivity index (χ0v) is 16.6. The molecule has 1 heterocycles. The third-order valence-electron chi connectivity index (χ3n) is 3.90. The van der Waals surface area contributed by atoms with Gasteiger partial charge in [-0.15, -0.1) is 11.3 Å². The van der Waals surface area contributed by atoms with Crippen molar-refractivity contribution >= 4 is 28.8 Å². The van der Waals surface area contributed by atoms with Crippen molar-refractivity contribution in [2.75, 3.05) is 14.2 Å². The first-order valence-corrected chi connectivity index (χ1v) is 9.52. The highest BCUT2D eigenvalue weighted by molar-refractivity contribution is 7.13. The Morgan fingerprint density at radius 1 is 1.15 bits per heavy atom. The maximum absolute atomic E-state index is 12.2. The van der Waals surface area contributed by atoms with Gasteiger partial charge in [0.2, 0.25) is 5.91 Å². The van der Waals surface area contributed by atoms with Crippen molar-refractivity contribution in [2.45, 2.75) is 13.0 Å². The van der Waals surface area contributed by atoms with Gasteiger partial charge in [0.25, 0.3) is 0 Å². The summed E-state index contributed by atoms with van der Waals surface area (Å²) in [6, 6.07) is 13.1. The molecule has 27 heavy (non-hydrogen) atoms. The van der Waals surface area contributed by atoms with Gasteiger partial charge in [-0.25, -0.2) is 4.98 Å². The molecule has 0 saturated heterocycles. The van der Waals surface area contributed by atoms with Crippen molar-refractivity contribution in [3.63, 3.8) is 0 Å². The second-order valence-electron chi connectivity index (χ2n) is 5.80. The summed E-state index contributed by atoms with van der Waals surface area (Å²) in [5.74, 6) is 1.23. The van der Waals surface area contributed by atoms with Crippen LogP contribution in [-0.2, 0) is 17.8 Å². The molecule has 0 spiro atoms. The highest BCUT2D eigenvalue weighted by atomic mass is 35.5. The summed E-state index contributed by atoms with van der Waals surface area (Å²) in [4.78, 5) is 16.7. The Labute approximate surface area is 166 Å². The fourth-order valence-corrected chi connectivity index (χ4v) is 3.59. The van der Waals surface area contributed by atoms with Crippen LogP contribution in [-0.4, -0.2) is 25.1 Å². The first kappa shape index (κ1) is 19.2. The van der Waals surface area contributed by atoms with E-state index in [0.29, 0.717) is 23.1 Å². The van der Waals surface area contributed by atoms with Crippen molar-refractivity contribution in [2.24, 2.45) is 0 Å². The Balaban J connectivity index is 1.63. The van der Waals surface area contributed by atoms with E-state index in [1.54, 1.807) is 20.3 Å². The Morgan fingerprint density at radius 2 is 1.96 bits per heavy atom. The quantitative estimate of drug-likeness (QED) is 0.638. The van der Waals surface area contributed by atoms with Crippen LogP contribution in [0, 0.1) is 0 Å². The molecule has 0 unspecified atom stereocenters. The maximum Gasteiger partial charge on any atom is 0.226 e. The predicted molar refractivity (Wildman–Crippen MR) is 108 cm³/mol. The minimum absolute atomic E-state index is 0.0841. The first-order valence-electron chi connectivity index (χ1n) is 8.27. The van der Waals surface area contributed by atoms with Crippen molar-refractivity contribution < 1.29 is 14.3 Å². The van der Waals surface area contributed by atoms with E-state index in [1.807, 2.05) is 41.8 Å². The fraction of sp³-hybridized carbons (Fsp3) is 0.200. The summed E-state index contributed by atoms with van der Waals surface area (Å²) < 4.78 is 10.6. The SMILES string of the molecule is COc1ccc(-c2nc(CC(=O)NCc3cccc(Cl)c3)cs2)cc1OC. The number of thiazole rings is 1. The van der Waals surface area contributed by atoms with Gasteiger partial charge in [0, 0.05) is 22.5 Å². The summed E-state index contributed by atoms with van der Waals surface area (Å²) >= 11 is 7.44. The maximum atomic E-state index is 12.2. The van der Waals surface area contributed by atoms with E-state index >= 15 is 0 Å². The molecular weight excluding hydrogens is 384 g/mol. The lowest BCUT2D eigenvalue weighted by Crippen LogP contribution is -2.24. The summed E-state index contributed by atoms with van der Waals surface area (Å²) in [7, 11) is 3.19. The molecule has 0 bridgehead atoms. The van der Waals surface area contributed by atoms with Crippen LogP contribution in [0.2, 0.25) is 5.02 Å². The summed E-state index contributed by atoms with van der Waals surface area (Å²) in [6.45, 7) is 0.437. The van der Waals surface area contributed by atoms with Crippen molar-refractivity contribution in [1.29, 1.82) is 0 Å². The smallest absolute Gasteiger partial charge is 0.226 e. The minimum atomic E-state index is -0.0841. The van der Waals surface area contributed by atoms with Gasteiger partial charge in [-0.05, 0) is 35.9 Å². The number of aromatic nitrogens is 1. The van der Waals surface area contributed by atoms with E-state index in [2.05, 4.69) is 10.3 Å². The zero-order chi connectivity index (χ0) is 19.2. The van der Waals surface area contributed by atoms with Crippen molar-refractivity contribution in [3.05, 3.63) is 64.1 Å². The molecule has 0 atom stereocenters. The molecule has 2 aromatic carbocycles. The number of nitrogens with one attached hydrogen (secondary N) is 1. The molecule has 1 N–H and O–H groups in total. The van der Waals surface area contributed by atoms with Crippen LogP contribution in [0.15, 0.2) is 47.8 Å². The standard InChI is InChI=1S/C20H19ClN2O3S/c1-25-17-7-6-14(9-18(17)26-2)20-23-16(12-27-20)10-19(24)22-11-13-4-3-5-15(21)8-13/h3-9,12H,10-11H2,1-2H3,(H,22,24). The van der Waals surface area contributed by atoms with Gasteiger partial charge in [-0.3, -0.25) is 4.79 Å². The molecule has 7 heteroatoms. The zero-order valence-electron chi connectivity index (χ0n) is 15.0. The van der Waals surface area contributed by atoms with E-state index in [1.165, 1.54) is 11.3 Å². The second kappa shape index (κ2) is 8.88. The molecule has 0 fully saturated rings. The number of hydrogen-bond acceptors (Lipinski definition) is 5. The molecule has 140 valence electrons.